The second kappa shape index (κ2) is 5.75. The van der Waals surface area contributed by atoms with Crippen LogP contribution in [0.4, 0.5) is 10.5 Å². The zero-order chi connectivity index (χ0) is 14.6. The van der Waals surface area contributed by atoms with Gasteiger partial charge in [0.05, 0.1) is 5.69 Å². The van der Waals surface area contributed by atoms with Crippen LogP contribution in [0.5, 0.6) is 5.75 Å². The predicted octanol–water partition coefficient (Wildman–Crippen LogP) is 2.71. The number of carbonyl (C=O) groups is 1. The molecule has 4 N–H and O–H groups in total. The van der Waals surface area contributed by atoms with E-state index in [4.69, 9.17) is 10.5 Å². The van der Waals surface area contributed by atoms with Crippen LogP contribution in [0.15, 0.2) is 24.8 Å². The maximum absolute atomic E-state index is 11.6. The number of benzene rings is 1. The van der Waals surface area contributed by atoms with Crippen LogP contribution < -0.4 is 11.1 Å². The minimum absolute atomic E-state index is 0.0422. The molecule has 0 saturated carbocycles. The van der Waals surface area contributed by atoms with Crippen molar-refractivity contribution in [1.82, 2.24) is 0 Å². The molecule has 0 radical (unpaired) electrons. The Morgan fingerprint density at radius 3 is 2.63 bits per heavy atom. The fourth-order valence-corrected chi connectivity index (χ4v) is 1.39. The number of rotatable bonds is 3. The Bertz CT molecular complexity index is 490. The van der Waals surface area contributed by atoms with E-state index in [1.165, 1.54) is 6.07 Å². The van der Waals surface area contributed by atoms with Crippen LogP contribution in [0.1, 0.15) is 26.3 Å². The minimum atomic E-state index is -0.627. The third-order valence-corrected chi connectivity index (χ3v) is 2.29. The van der Waals surface area contributed by atoms with Crippen LogP contribution in [0.25, 0.3) is 5.57 Å². The maximum atomic E-state index is 11.6. The van der Waals surface area contributed by atoms with Crippen LogP contribution in [-0.4, -0.2) is 23.3 Å². The van der Waals surface area contributed by atoms with Crippen molar-refractivity contribution in [3.05, 3.63) is 30.3 Å². The number of aromatic hydroxyl groups is 1. The first kappa shape index (κ1) is 15.0. The molecular weight excluding hydrogens is 244 g/mol. The van der Waals surface area contributed by atoms with Crippen LogP contribution >= 0.6 is 0 Å². The number of amides is 1. The molecule has 19 heavy (non-hydrogen) atoms. The van der Waals surface area contributed by atoms with Gasteiger partial charge in [0.25, 0.3) is 0 Å². The molecule has 0 aliphatic rings. The molecule has 5 heteroatoms. The monoisotopic (exact) mass is 264 g/mol. The lowest BCUT2D eigenvalue weighted by Crippen LogP contribution is -2.27. The zero-order valence-electron chi connectivity index (χ0n) is 11.5. The number of phenols is 1. The third kappa shape index (κ3) is 4.63. The number of nitrogens with two attached hydrogens (primary N) is 1. The molecule has 0 atom stereocenters. The van der Waals surface area contributed by atoms with Crippen molar-refractivity contribution >= 4 is 17.4 Å². The summed E-state index contributed by atoms with van der Waals surface area (Å²) >= 11 is 0. The average molecular weight is 264 g/mol. The summed E-state index contributed by atoms with van der Waals surface area (Å²) in [5.41, 5.74) is 6.64. The molecule has 0 aliphatic carbocycles. The standard InChI is InChI=1S/C14H20N2O3/c1-9(8-15)10-5-6-12(17)11(7-10)16-13(18)19-14(2,3)4/h5-7,17H,1,8,15H2,2-4H3,(H,16,18). The zero-order valence-corrected chi connectivity index (χ0v) is 11.5. The van der Waals surface area contributed by atoms with Crippen molar-refractivity contribution in [3.63, 3.8) is 0 Å². The first-order valence-electron chi connectivity index (χ1n) is 5.94. The Labute approximate surface area is 113 Å². The molecule has 1 amide bonds. The van der Waals surface area contributed by atoms with Crippen LogP contribution in [0, 0.1) is 0 Å². The highest BCUT2D eigenvalue weighted by atomic mass is 16.6. The quantitative estimate of drug-likeness (QED) is 0.733. The molecule has 0 saturated heterocycles. The molecular formula is C14H20N2O3. The molecule has 0 aliphatic heterocycles. The van der Waals surface area contributed by atoms with E-state index in [1.54, 1.807) is 32.9 Å². The molecule has 0 bridgehead atoms. The Kier molecular flexibility index (Phi) is 4.56. The van der Waals surface area contributed by atoms with Crippen LogP contribution in [0.3, 0.4) is 0 Å². The number of phenolic OH excluding ortho intramolecular Hbond substituents is 1. The van der Waals surface area contributed by atoms with Crippen molar-refractivity contribution in [2.75, 3.05) is 11.9 Å². The number of hydrogen-bond acceptors (Lipinski definition) is 4. The number of anilines is 1. The van der Waals surface area contributed by atoms with Gasteiger partial charge < -0.3 is 15.6 Å². The number of ether oxygens (including phenoxy) is 1. The third-order valence-electron chi connectivity index (χ3n) is 2.29. The highest BCUT2D eigenvalue weighted by Gasteiger charge is 2.17. The molecule has 1 aromatic rings. The van der Waals surface area contributed by atoms with Crippen LogP contribution in [0.2, 0.25) is 0 Å². The highest BCUT2D eigenvalue weighted by molar-refractivity contribution is 5.88. The minimum Gasteiger partial charge on any atom is -0.506 e. The molecule has 0 unspecified atom stereocenters. The second-order valence-electron chi connectivity index (χ2n) is 5.17. The summed E-state index contributed by atoms with van der Waals surface area (Å²) in [6, 6.07) is 4.77. The molecule has 0 heterocycles. The number of nitrogens with one attached hydrogen (secondary N) is 1. The van der Waals surface area contributed by atoms with Crippen molar-refractivity contribution in [2.45, 2.75) is 26.4 Å². The van der Waals surface area contributed by atoms with Crippen LogP contribution in [-0.2, 0) is 4.74 Å². The summed E-state index contributed by atoms with van der Waals surface area (Å²) in [6.45, 7) is 9.39. The molecule has 0 fully saturated rings. The summed E-state index contributed by atoms with van der Waals surface area (Å²) < 4.78 is 5.12. The summed E-state index contributed by atoms with van der Waals surface area (Å²) in [4.78, 5) is 11.6. The van der Waals surface area contributed by atoms with Gasteiger partial charge in [-0.1, -0.05) is 12.6 Å². The summed E-state index contributed by atoms with van der Waals surface area (Å²) in [5, 5.41) is 12.2. The molecule has 1 rings (SSSR count). The van der Waals surface area contributed by atoms with E-state index < -0.39 is 11.7 Å². The van der Waals surface area contributed by atoms with Gasteiger partial charge in [-0.25, -0.2) is 4.79 Å². The highest BCUT2D eigenvalue weighted by Crippen LogP contribution is 2.27. The smallest absolute Gasteiger partial charge is 0.412 e. The SMILES string of the molecule is C=C(CN)c1ccc(O)c(NC(=O)OC(C)(C)C)c1. The fraction of sp³-hybridized carbons (Fsp3) is 0.357. The van der Waals surface area contributed by atoms with E-state index in [0.717, 1.165) is 5.56 Å². The Morgan fingerprint density at radius 1 is 1.47 bits per heavy atom. The normalized spacial score (nSPS) is 10.9. The van der Waals surface area contributed by atoms with Gasteiger partial charge in [0.15, 0.2) is 0 Å². The summed E-state index contributed by atoms with van der Waals surface area (Å²) in [5.74, 6) is -0.0422. The van der Waals surface area contributed by atoms with Crippen molar-refractivity contribution in [3.8, 4) is 5.75 Å². The van der Waals surface area contributed by atoms with Crippen molar-refractivity contribution < 1.29 is 14.6 Å². The lowest BCUT2D eigenvalue weighted by atomic mass is 10.1. The van der Waals surface area contributed by atoms with Gasteiger partial charge in [-0.15, -0.1) is 0 Å². The van der Waals surface area contributed by atoms with Gasteiger partial charge in [-0.3, -0.25) is 5.32 Å². The Balaban J connectivity index is 2.88. The molecule has 0 aromatic heterocycles. The van der Waals surface area contributed by atoms with Gasteiger partial charge in [0, 0.05) is 6.54 Å². The summed E-state index contributed by atoms with van der Waals surface area (Å²) in [7, 11) is 0. The van der Waals surface area contributed by atoms with E-state index in [9.17, 15) is 9.90 Å². The second-order valence-corrected chi connectivity index (χ2v) is 5.17. The number of hydrogen-bond donors (Lipinski definition) is 3. The lowest BCUT2D eigenvalue weighted by molar-refractivity contribution is 0.0635. The van der Waals surface area contributed by atoms with Gasteiger partial charge in [0.2, 0.25) is 0 Å². The Hall–Kier alpha value is -2.01. The van der Waals surface area contributed by atoms with Crippen molar-refractivity contribution in [2.24, 2.45) is 5.73 Å². The molecule has 104 valence electrons. The molecule has 0 spiro atoms. The number of carbonyl (C=O) groups excluding carboxylic acids is 1. The lowest BCUT2D eigenvalue weighted by Gasteiger charge is -2.20. The van der Waals surface area contributed by atoms with E-state index in [-0.39, 0.29) is 11.4 Å². The summed E-state index contributed by atoms with van der Waals surface area (Å²) in [6.07, 6.45) is -0.627. The predicted molar refractivity (Wildman–Crippen MR) is 76.1 cm³/mol. The average Bonchev–Trinajstić information content (AvgIpc) is 2.28. The van der Waals surface area contributed by atoms with Crippen molar-refractivity contribution in [1.29, 1.82) is 0 Å². The largest absolute Gasteiger partial charge is 0.506 e. The Morgan fingerprint density at radius 2 is 2.11 bits per heavy atom. The van der Waals surface area contributed by atoms with E-state index in [0.29, 0.717) is 12.1 Å². The molecule has 5 nitrogen and oxygen atoms in total. The van der Waals surface area contributed by atoms with E-state index in [1.807, 2.05) is 0 Å². The topological polar surface area (TPSA) is 84.6 Å². The first-order chi connectivity index (χ1) is 8.73. The first-order valence-corrected chi connectivity index (χ1v) is 5.94. The maximum Gasteiger partial charge on any atom is 0.412 e. The van der Waals surface area contributed by atoms with Gasteiger partial charge in [-0.2, -0.15) is 0 Å². The van der Waals surface area contributed by atoms with E-state index in [2.05, 4.69) is 11.9 Å². The van der Waals surface area contributed by atoms with Gasteiger partial charge in [0.1, 0.15) is 11.4 Å². The van der Waals surface area contributed by atoms with Gasteiger partial charge >= 0.3 is 6.09 Å². The van der Waals surface area contributed by atoms with E-state index >= 15 is 0 Å². The van der Waals surface area contributed by atoms with Gasteiger partial charge in [-0.05, 0) is 44.0 Å². The molecule has 1 aromatic carbocycles. The fourth-order valence-electron chi connectivity index (χ4n) is 1.39.